The van der Waals surface area contributed by atoms with Crippen LogP contribution in [0.15, 0.2) is 48.5 Å². The lowest BCUT2D eigenvalue weighted by molar-refractivity contribution is -0.343. The van der Waals surface area contributed by atoms with Crippen LogP contribution < -0.4 is 5.32 Å². The van der Waals surface area contributed by atoms with E-state index in [1.54, 1.807) is 6.07 Å². The molecule has 2 N–H and O–H groups in total. The molecule has 2 aromatic carbocycles. The standard InChI is InChI=1S/C19H10ClF7N2O2/c20-10-6-7-11-12(8-10)28-14(15(30)9-4-2-1-3-5-9)13(11)29-16(31)17(21,22)18(23,24)19(25,26)27/h1-8,28H,(H,29,31). The summed E-state index contributed by atoms with van der Waals surface area (Å²) in [5, 5.41) is 1.39. The van der Waals surface area contributed by atoms with Crippen molar-refractivity contribution in [2.45, 2.75) is 18.0 Å². The van der Waals surface area contributed by atoms with Gasteiger partial charge in [-0.25, -0.2) is 0 Å². The first-order chi connectivity index (χ1) is 14.3. The molecule has 0 unspecified atom stereocenters. The molecule has 0 radical (unpaired) electrons. The molecule has 0 aliphatic rings. The smallest absolute Gasteiger partial charge is 0.350 e. The van der Waals surface area contributed by atoms with Gasteiger partial charge in [0.1, 0.15) is 5.69 Å². The fourth-order valence-electron chi connectivity index (χ4n) is 2.72. The lowest BCUT2D eigenvalue weighted by Gasteiger charge is -2.27. The third-order valence-electron chi connectivity index (χ3n) is 4.30. The molecule has 0 atom stereocenters. The second-order valence-electron chi connectivity index (χ2n) is 6.36. The highest BCUT2D eigenvalue weighted by Gasteiger charge is 2.76. The zero-order chi connectivity index (χ0) is 23.2. The molecule has 3 rings (SSSR count). The summed E-state index contributed by atoms with van der Waals surface area (Å²) in [6, 6.07) is 10.9. The van der Waals surface area contributed by atoms with Crippen LogP contribution in [0.1, 0.15) is 16.1 Å². The average molecular weight is 467 g/mol. The predicted octanol–water partition coefficient (Wildman–Crippen LogP) is 5.82. The molecule has 0 spiro atoms. The minimum Gasteiger partial charge on any atom is -0.350 e. The Balaban J connectivity index is 2.11. The maximum atomic E-state index is 13.8. The number of halogens is 8. The Morgan fingerprint density at radius 3 is 2.10 bits per heavy atom. The van der Waals surface area contributed by atoms with E-state index in [0.717, 1.165) is 0 Å². The van der Waals surface area contributed by atoms with Gasteiger partial charge in [-0.15, -0.1) is 0 Å². The molecule has 0 saturated carbocycles. The second kappa shape index (κ2) is 7.56. The number of H-pyrrole nitrogens is 1. The number of aromatic nitrogens is 1. The van der Waals surface area contributed by atoms with Gasteiger partial charge in [-0.05, 0) is 18.2 Å². The maximum absolute atomic E-state index is 13.8. The van der Waals surface area contributed by atoms with Crippen LogP contribution in [0.5, 0.6) is 0 Å². The SMILES string of the molecule is O=C(c1ccccc1)c1[nH]c2cc(Cl)ccc2c1NC(=O)C(F)(F)C(F)(F)C(F)(F)F. The molecule has 12 heteroatoms. The first kappa shape index (κ1) is 22.6. The number of carbonyl (C=O) groups excluding carboxylic acids is 2. The number of ketones is 1. The summed E-state index contributed by atoms with van der Waals surface area (Å²) in [4.78, 5) is 27.2. The third kappa shape index (κ3) is 3.85. The van der Waals surface area contributed by atoms with E-state index in [0.29, 0.717) is 0 Å². The number of alkyl halides is 7. The van der Waals surface area contributed by atoms with Gasteiger partial charge in [0.25, 0.3) is 0 Å². The van der Waals surface area contributed by atoms with Gasteiger partial charge in [-0.2, -0.15) is 30.7 Å². The third-order valence-corrected chi connectivity index (χ3v) is 4.53. The number of rotatable bonds is 5. The van der Waals surface area contributed by atoms with Crippen molar-refractivity contribution >= 4 is 39.9 Å². The van der Waals surface area contributed by atoms with E-state index >= 15 is 0 Å². The number of hydrogen-bond donors (Lipinski definition) is 2. The van der Waals surface area contributed by atoms with Crippen molar-refractivity contribution < 1.29 is 40.3 Å². The molecular formula is C19H10ClF7N2O2. The van der Waals surface area contributed by atoms with Crippen molar-refractivity contribution in [2.24, 2.45) is 0 Å². The Bertz CT molecular complexity index is 1160. The summed E-state index contributed by atoms with van der Waals surface area (Å²) >= 11 is 5.83. The Hall–Kier alpha value is -3.08. The number of fused-ring (bicyclic) bond motifs is 1. The van der Waals surface area contributed by atoms with Gasteiger partial charge in [0, 0.05) is 21.5 Å². The molecule has 31 heavy (non-hydrogen) atoms. The van der Waals surface area contributed by atoms with Crippen molar-refractivity contribution in [3.63, 3.8) is 0 Å². The van der Waals surface area contributed by atoms with Gasteiger partial charge >= 0.3 is 23.9 Å². The summed E-state index contributed by atoms with van der Waals surface area (Å²) in [5.41, 5.74) is -1.12. The number of aromatic amines is 1. The molecule has 0 fully saturated rings. The van der Waals surface area contributed by atoms with Crippen molar-refractivity contribution in [2.75, 3.05) is 5.32 Å². The summed E-state index contributed by atoms with van der Waals surface area (Å²) in [6.45, 7) is 0. The predicted molar refractivity (Wildman–Crippen MR) is 97.8 cm³/mol. The van der Waals surface area contributed by atoms with E-state index in [-0.39, 0.29) is 21.5 Å². The molecule has 4 nitrogen and oxygen atoms in total. The van der Waals surface area contributed by atoms with Gasteiger partial charge < -0.3 is 10.3 Å². The van der Waals surface area contributed by atoms with Crippen LogP contribution in [0.3, 0.4) is 0 Å². The van der Waals surface area contributed by atoms with Crippen molar-refractivity contribution in [3.05, 3.63) is 64.8 Å². The van der Waals surface area contributed by atoms with Crippen molar-refractivity contribution in [3.8, 4) is 0 Å². The van der Waals surface area contributed by atoms with Crippen LogP contribution in [0, 0.1) is 0 Å². The molecule has 3 aromatic rings. The van der Waals surface area contributed by atoms with E-state index in [4.69, 9.17) is 11.6 Å². The van der Waals surface area contributed by atoms with Gasteiger partial charge in [0.05, 0.1) is 5.69 Å². The topological polar surface area (TPSA) is 62.0 Å². The molecule has 1 heterocycles. The highest BCUT2D eigenvalue weighted by Crippen LogP contribution is 2.47. The van der Waals surface area contributed by atoms with E-state index in [1.165, 1.54) is 47.8 Å². The van der Waals surface area contributed by atoms with Gasteiger partial charge in [-0.3, -0.25) is 9.59 Å². The number of benzene rings is 2. The van der Waals surface area contributed by atoms with Crippen LogP contribution in [-0.2, 0) is 4.79 Å². The van der Waals surface area contributed by atoms with Crippen LogP contribution in [-0.4, -0.2) is 34.7 Å². The van der Waals surface area contributed by atoms with E-state index in [9.17, 15) is 40.3 Å². The summed E-state index contributed by atoms with van der Waals surface area (Å²) in [7, 11) is 0. The molecule has 1 aromatic heterocycles. The highest BCUT2D eigenvalue weighted by atomic mass is 35.5. The minimum absolute atomic E-state index is 0.0306. The Morgan fingerprint density at radius 1 is 0.903 bits per heavy atom. The van der Waals surface area contributed by atoms with Crippen LogP contribution in [0.2, 0.25) is 5.02 Å². The average Bonchev–Trinajstić information content (AvgIpc) is 3.04. The number of nitrogens with one attached hydrogen (secondary N) is 2. The van der Waals surface area contributed by atoms with E-state index in [2.05, 4.69) is 4.98 Å². The van der Waals surface area contributed by atoms with E-state index < -0.39 is 41.1 Å². The summed E-state index contributed by atoms with van der Waals surface area (Å²) in [5.74, 6) is -16.6. The zero-order valence-electron chi connectivity index (χ0n) is 15.0. The number of amides is 1. The molecule has 1 amide bonds. The van der Waals surface area contributed by atoms with Crippen LogP contribution in [0.4, 0.5) is 36.4 Å². The van der Waals surface area contributed by atoms with Gasteiger partial charge in [0.15, 0.2) is 0 Å². The lowest BCUT2D eigenvalue weighted by atomic mass is 10.1. The first-order valence-corrected chi connectivity index (χ1v) is 8.70. The fraction of sp³-hybridized carbons (Fsp3) is 0.158. The molecule has 0 aliphatic carbocycles. The van der Waals surface area contributed by atoms with Crippen LogP contribution >= 0.6 is 11.6 Å². The summed E-state index contributed by atoms with van der Waals surface area (Å²) < 4.78 is 91.3. The van der Waals surface area contributed by atoms with Crippen molar-refractivity contribution in [1.82, 2.24) is 4.98 Å². The highest BCUT2D eigenvalue weighted by molar-refractivity contribution is 6.31. The Kier molecular flexibility index (Phi) is 5.51. The van der Waals surface area contributed by atoms with Crippen molar-refractivity contribution in [1.29, 1.82) is 0 Å². The largest absolute Gasteiger partial charge is 0.460 e. The molecule has 164 valence electrons. The molecule has 0 bridgehead atoms. The Labute approximate surface area is 174 Å². The minimum atomic E-state index is -6.69. The van der Waals surface area contributed by atoms with Gasteiger partial charge in [-0.1, -0.05) is 41.9 Å². The maximum Gasteiger partial charge on any atom is 0.460 e. The normalized spacial score (nSPS) is 12.8. The first-order valence-electron chi connectivity index (χ1n) is 8.32. The molecular weight excluding hydrogens is 457 g/mol. The second-order valence-corrected chi connectivity index (χ2v) is 6.80. The van der Waals surface area contributed by atoms with Crippen LogP contribution in [0.25, 0.3) is 10.9 Å². The summed E-state index contributed by atoms with van der Waals surface area (Å²) in [6.07, 6.45) is -6.69. The Morgan fingerprint density at radius 2 is 1.52 bits per heavy atom. The zero-order valence-corrected chi connectivity index (χ0v) is 15.7. The van der Waals surface area contributed by atoms with E-state index in [1.807, 2.05) is 0 Å². The lowest BCUT2D eigenvalue weighted by Crippen LogP contribution is -2.57. The monoisotopic (exact) mass is 466 g/mol. The number of anilines is 1. The van der Waals surface area contributed by atoms with Gasteiger partial charge in [0.2, 0.25) is 5.78 Å². The number of carbonyl (C=O) groups is 2. The fourth-order valence-corrected chi connectivity index (χ4v) is 2.89. The number of hydrogen-bond acceptors (Lipinski definition) is 2. The quantitative estimate of drug-likeness (QED) is 0.367. The molecule has 0 saturated heterocycles. The molecule has 0 aliphatic heterocycles.